The lowest BCUT2D eigenvalue weighted by Gasteiger charge is -2.33. The Morgan fingerprint density at radius 2 is 0.721 bits per heavy atom. The van der Waals surface area contributed by atoms with E-state index in [0.29, 0.717) is 0 Å². The molecule has 14 rings (SSSR count). The van der Waals surface area contributed by atoms with Crippen LogP contribution in [0.4, 0.5) is 17.1 Å². The fraction of sp³-hybridized carbons (Fsp3) is 0.0149. The maximum absolute atomic E-state index is 2.56. The third-order valence-electron chi connectivity index (χ3n) is 14.8. The fourth-order valence-electron chi connectivity index (χ4n) is 11.9. The number of nitrogens with zero attached hydrogens (tertiary/aromatic N) is 1. The van der Waals surface area contributed by atoms with Crippen molar-refractivity contribution in [1.29, 1.82) is 0 Å². The van der Waals surface area contributed by atoms with E-state index in [9.17, 15) is 0 Å². The van der Waals surface area contributed by atoms with Gasteiger partial charge in [0.2, 0.25) is 0 Å². The van der Waals surface area contributed by atoms with E-state index in [4.69, 9.17) is 0 Å². The summed E-state index contributed by atoms with van der Waals surface area (Å²) in [5.74, 6) is 0. The number of fused-ring (bicyclic) bond motifs is 14. The molecule has 0 bridgehead atoms. The topological polar surface area (TPSA) is 3.24 Å². The van der Waals surface area contributed by atoms with Crippen molar-refractivity contribution in [3.63, 3.8) is 0 Å². The van der Waals surface area contributed by atoms with E-state index in [-0.39, 0.29) is 0 Å². The Hall–Kier alpha value is -8.78. The lowest BCUT2D eigenvalue weighted by Crippen LogP contribution is -2.26. The van der Waals surface area contributed by atoms with Gasteiger partial charge in [-0.15, -0.1) is 0 Å². The van der Waals surface area contributed by atoms with Crippen molar-refractivity contribution in [1.82, 2.24) is 0 Å². The summed E-state index contributed by atoms with van der Waals surface area (Å²) in [6.07, 6.45) is 0. The van der Waals surface area contributed by atoms with Crippen LogP contribution in [0.15, 0.2) is 261 Å². The smallest absolute Gasteiger partial charge is 0.0726 e. The van der Waals surface area contributed by atoms with Gasteiger partial charge in [-0.3, -0.25) is 0 Å². The van der Waals surface area contributed by atoms with Gasteiger partial charge in [0.25, 0.3) is 0 Å². The average Bonchev–Trinajstić information content (AvgIpc) is 3.88. The predicted molar refractivity (Wildman–Crippen MR) is 286 cm³/mol. The molecule has 68 heavy (non-hydrogen) atoms. The van der Waals surface area contributed by atoms with Gasteiger partial charge >= 0.3 is 0 Å². The molecule has 0 radical (unpaired) electrons. The molecule has 0 saturated carbocycles. The first-order valence-electron chi connectivity index (χ1n) is 23.7. The molecule has 12 aromatic rings. The third kappa shape index (κ3) is 5.63. The molecule has 0 atom stereocenters. The van der Waals surface area contributed by atoms with Crippen LogP contribution in [0.2, 0.25) is 0 Å². The van der Waals surface area contributed by atoms with Gasteiger partial charge in [0.05, 0.1) is 11.1 Å². The number of hydrogen-bond donors (Lipinski definition) is 0. The number of anilines is 3. The molecule has 2 aliphatic carbocycles. The average molecular weight is 862 g/mol. The highest BCUT2D eigenvalue weighted by Crippen LogP contribution is 2.63. The van der Waals surface area contributed by atoms with Crippen molar-refractivity contribution in [2.45, 2.75) is 5.41 Å². The largest absolute Gasteiger partial charge is 0.309 e. The van der Waals surface area contributed by atoms with Crippen molar-refractivity contribution < 1.29 is 0 Å². The van der Waals surface area contributed by atoms with Gasteiger partial charge in [0, 0.05) is 22.3 Å². The minimum absolute atomic E-state index is 0.485. The molecule has 0 unspecified atom stereocenters. The van der Waals surface area contributed by atoms with Crippen molar-refractivity contribution in [2.75, 3.05) is 4.90 Å². The molecule has 0 aromatic heterocycles. The van der Waals surface area contributed by atoms with Gasteiger partial charge in [-0.05, 0) is 136 Å². The second kappa shape index (κ2) is 15.1. The van der Waals surface area contributed by atoms with Gasteiger partial charge < -0.3 is 4.90 Å². The van der Waals surface area contributed by atoms with Gasteiger partial charge in [-0.1, -0.05) is 224 Å². The van der Waals surface area contributed by atoms with Crippen LogP contribution in [-0.2, 0) is 5.41 Å². The number of benzene rings is 12. The molecule has 0 fully saturated rings. The summed E-state index contributed by atoms with van der Waals surface area (Å²) >= 11 is 0. The standard InChI is InChI=1S/C67H43N/c1-2-17-44(18-3-1)48-21-16-22-49(41-48)46-35-37-51(38-36-46)68(66-60-29-9-7-24-54(60)53-23-6-8-28-59(53)65(66)50-34-33-45-19-4-5-20-47(45)42-50)52-39-40-58-57-27-12-15-32-63(57)67(64(58)43-52)61-30-13-10-25-55(61)56-26-11-14-31-62(56)67/h1-43H. The summed E-state index contributed by atoms with van der Waals surface area (Å²) in [5.41, 5.74) is 20.6. The highest BCUT2D eigenvalue weighted by Gasteiger charge is 2.51. The Labute approximate surface area is 396 Å². The van der Waals surface area contributed by atoms with E-state index in [0.717, 1.165) is 17.1 Å². The summed E-state index contributed by atoms with van der Waals surface area (Å²) < 4.78 is 0. The lowest BCUT2D eigenvalue weighted by molar-refractivity contribution is 0.793. The Morgan fingerprint density at radius 1 is 0.250 bits per heavy atom. The van der Waals surface area contributed by atoms with E-state index < -0.39 is 5.41 Å². The number of hydrogen-bond acceptors (Lipinski definition) is 1. The maximum Gasteiger partial charge on any atom is 0.0726 e. The van der Waals surface area contributed by atoms with Crippen LogP contribution in [0.5, 0.6) is 0 Å². The summed E-state index contributed by atoms with van der Waals surface area (Å²) in [7, 11) is 0. The van der Waals surface area contributed by atoms with Crippen molar-refractivity contribution in [3.05, 3.63) is 283 Å². The molecule has 0 amide bonds. The van der Waals surface area contributed by atoms with Crippen LogP contribution in [0.1, 0.15) is 22.3 Å². The van der Waals surface area contributed by atoms with E-state index in [1.807, 2.05) is 0 Å². The van der Waals surface area contributed by atoms with E-state index in [2.05, 4.69) is 266 Å². The first-order valence-corrected chi connectivity index (χ1v) is 23.7. The molecular weight excluding hydrogens is 819 g/mol. The van der Waals surface area contributed by atoms with Crippen LogP contribution in [0.3, 0.4) is 0 Å². The maximum atomic E-state index is 2.56. The molecule has 1 heteroatoms. The van der Waals surface area contributed by atoms with Crippen molar-refractivity contribution >= 4 is 49.4 Å². The normalized spacial score (nSPS) is 12.8. The zero-order valence-electron chi connectivity index (χ0n) is 37.3. The van der Waals surface area contributed by atoms with Crippen LogP contribution in [0, 0.1) is 0 Å². The lowest BCUT2D eigenvalue weighted by atomic mass is 9.70. The SMILES string of the molecule is c1ccc(-c2cccc(-c3ccc(N(c4ccc5c(c4)C4(c6ccccc6-c6ccccc64)c4ccccc4-5)c4c(-c5ccc6ccccc6c5)c5ccccc5c5ccccc45)cc3)c2)cc1. The Bertz CT molecular complexity index is 3910. The molecule has 0 N–H and O–H groups in total. The molecule has 1 spiro atoms. The van der Waals surface area contributed by atoms with Gasteiger partial charge in [-0.2, -0.15) is 0 Å². The van der Waals surface area contributed by atoms with Crippen LogP contribution >= 0.6 is 0 Å². The summed E-state index contributed by atoms with van der Waals surface area (Å²) in [4.78, 5) is 2.56. The van der Waals surface area contributed by atoms with Crippen molar-refractivity contribution in [3.8, 4) is 55.6 Å². The molecule has 0 heterocycles. The minimum atomic E-state index is -0.485. The van der Waals surface area contributed by atoms with Gasteiger partial charge in [0.1, 0.15) is 0 Å². The quantitative estimate of drug-likeness (QED) is 0.151. The summed E-state index contributed by atoms with van der Waals surface area (Å²) in [6.45, 7) is 0. The molecule has 0 aliphatic heterocycles. The van der Waals surface area contributed by atoms with E-state index >= 15 is 0 Å². The zero-order valence-corrected chi connectivity index (χ0v) is 37.3. The van der Waals surface area contributed by atoms with Crippen LogP contribution < -0.4 is 4.90 Å². The molecule has 12 aromatic carbocycles. The molecular formula is C67H43N. The van der Waals surface area contributed by atoms with Gasteiger partial charge in [0.15, 0.2) is 0 Å². The summed E-state index contributed by atoms with van der Waals surface area (Å²) in [5, 5.41) is 7.34. The van der Waals surface area contributed by atoms with Gasteiger partial charge in [-0.25, -0.2) is 0 Å². The fourth-order valence-corrected chi connectivity index (χ4v) is 11.9. The highest BCUT2D eigenvalue weighted by molar-refractivity contribution is 6.23. The molecule has 316 valence electrons. The van der Waals surface area contributed by atoms with Crippen LogP contribution in [0.25, 0.3) is 88.0 Å². The Morgan fingerprint density at radius 3 is 1.38 bits per heavy atom. The molecule has 2 aliphatic rings. The first kappa shape index (κ1) is 38.5. The second-order valence-corrected chi connectivity index (χ2v) is 18.3. The second-order valence-electron chi connectivity index (χ2n) is 18.3. The molecule has 0 saturated heterocycles. The van der Waals surface area contributed by atoms with Crippen molar-refractivity contribution in [2.24, 2.45) is 0 Å². The van der Waals surface area contributed by atoms with Crippen LogP contribution in [-0.4, -0.2) is 0 Å². The zero-order chi connectivity index (χ0) is 44.8. The molecule has 1 nitrogen and oxygen atoms in total. The third-order valence-corrected chi connectivity index (χ3v) is 14.8. The highest BCUT2D eigenvalue weighted by atomic mass is 15.1. The Balaban J connectivity index is 1.06. The predicted octanol–water partition coefficient (Wildman–Crippen LogP) is 18.0. The Kier molecular flexibility index (Phi) is 8.57. The monoisotopic (exact) mass is 861 g/mol. The number of rotatable bonds is 6. The minimum Gasteiger partial charge on any atom is -0.309 e. The van der Waals surface area contributed by atoms with E-state index in [1.54, 1.807) is 0 Å². The summed E-state index contributed by atoms with van der Waals surface area (Å²) in [6, 6.07) is 97.1. The van der Waals surface area contributed by atoms with E-state index in [1.165, 1.54) is 110 Å². The first-order chi connectivity index (χ1) is 33.7.